The SMILES string of the molecule is Cc1ccc(Cl)cc1Nc1cncc(C(=O)Nc2ccccc2C#N)c1. The molecule has 0 fully saturated rings. The van der Waals surface area contributed by atoms with E-state index in [1.54, 1.807) is 36.5 Å². The summed E-state index contributed by atoms with van der Waals surface area (Å²) in [5, 5.41) is 15.7. The van der Waals surface area contributed by atoms with Crippen LogP contribution in [-0.2, 0) is 0 Å². The van der Waals surface area contributed by atoms with Crippen LogP contribution in [0.1, 0.15) is 21.5 Å². The second-order valence-electron chi connectivity index (χ2n) is 5.66. The van der Waals surface area contributed by atoms with E-state index in [4.69, 9.17) is 16.9 Å². The summed E-state index contributed by atoms with van der Waals surface area (Å²) in [5.41, 5.74) is 3.76. The third-order valence-corrected chi connectivity index (χ3v) is 4.01. The normalized spacial score (nSPS) is 10.0. The molecule has 1 amide bonds. The van der Waals surface area contributed by atoms with Crippen LogP contribution in [0.4, 0.5) is 17.1 Å². The third kappa shape index (κ3) is 4.00. The van der Waals surface area contributed by atoms with Crippen LogP contribution in [0.5, 0.6) is 0 Å². The number of carbonyl (C=O) groups is 1. The summed E-state index contributed by atoms with van der Waals surface area (Å²) in [7, 11) is 0. The molecule has 1 heterocycles. The van der Waals surface area contributed by atoms with E-state index in [9.17, 15) is 4.79 Å². The van der Waals surface area contributed by atoms with Crippen molar-refractivity contribution in [3.05, 3.63) is 82.6 Å². The van der Waals surface area contributed by atoms with Gasteiger partial charge in [-0.25, -0.2) is 0 Å². The van der Waals surface area contributed by atoms with E-state index in [2.05, 4.69) is 21.7 Å². The van der Waals surface area contributed by atoms with E-state index in [0.29, 0.717) is 27.5 Å². The lowest BCUT2D eigenvalue weighted by Crippen LogP contribution is -2.13. The van der Waals surface area contributed by atoms with Crippen molar-refractivity contribution in [3.63, 3.8) is 0 Å². The maximum Gasteiger partial charge on any atom is 0.257 e. The van der Waals surface area contributed by atoms with E-state index >= 15 is 0 Å². The zero-order chi connectivity index (χ0) is 18.5. The molecule has 0 saturated heterocycles. The molecule has 2 N–H and O–H groups in total. The van der Waals surface area contributed by atoms with Gasteiger partial charge in [-0.3, -0.25) is 9.78 Å². The number of halogens is 1. The predicted octanol–water partition coefficient (Wildman–Crippen LogP) is 4.91. The molecule has 26 heavy (non-hydrogen) atoms. The Morgan fingerprint density at radius 3 is 2.73 bits per heavy atom. The Balaban J connectivity index is 1.82. The van der Waals surface area contributed by atoms with Crippen molar-refractivity contribution in [3.8, 4) is 6.07 Å². The number of aromatic nitrogens is 1. The molecule has 0 aliphatic heterocycles. The molecule has 3 rings (SSSR count). The lowest BCUT2D eigenvalue weighted by atomic mass is 10.1. The van der Waals surface area contributed by atoms with Crippen LogP contribution in [0.25, 0.3) is 0 Å². The molecule has 0 aliphatic rings. The highest BCUT2D eigenvalue weighted by Crippen LogP contribution is 2.24. The fourth-order valence-corrected chi connectivity index (χ4v) is 2.57. The Labute approximate surface area is 156 Å². The van der Waals surface area contributed by atoms with Gasteiger partial charge in [-0.05, 0) is 42.8 Å². The molecular formula is C20H15ClN4O. The Hall–Kier alpha value is -3.36. The minimum absolute atomic E-state index is 0.341. The van der Waals surface area contributed by atoms with Crippen molar-refractivity contribution < 1.29 is 4.79 Å². The Bertz CT molecular complexity index is 1010. The van der Waals surface area contributed by atoms with Gasteiger partial charge in [0.25, 0.3) is 5.91 Å². The Morgan fingerprint density at radius 1 is 1.12 bits per heavy atom. The maximum atomic E-state index is 12.5. The number of para-hydroxylation sites is 1. The molecule has 0 spiro atoms. The molecular weight excluding hydrogens is 348 g/mol. The van der Waals surface area contributed by atoms with Gasteiger partial charge in [0, 0.05) is 16.9 Å². The molecule has 0 unspecified atom stereocenters. The minimum atomic E-state index is -0.341. The fourth-order valence-electron chi connectivity index (χ4n) is 2.40. The predicted molar refractivity (Wildman–Crippen MR) is 103 cm³/mol. The number of amides is 1. The first-order valence-corrected chi connectivity index (χ1v) is 8.23. The van der Waals surface area contributed by atoms with Gasteiger partial charge >= 0.3 is 0 Å². The van der Waals surface area contributed by atoms with Gasteiger partial charge in [-0.15, -0.1) is 0 Å². The van der Waals surface area contributed by atoms with E-state index < -0.39 is 0 Å². The second-order valence-corrected chi connectivity index (χ2v) is 6.09. The number of nitrogens with zero attached hydrogens (tertiary/aromatic N) is 2. The van der Waals surface area contributed by atoms with Crippen molar-refractivity contribution in [2.75, 3.05) is 10.6 Å². The summed E-state index contributed by atoms with van der Waals surface area (Å²) in [6.45, 7) is 1.96. The van der Waals surface area contributed by atoms with E-state index in [1.165, 1.54) is 6.20 Å². The van der Waals surface area contributed by atoms with E-state index in [0.717, 1.165) is 11.3 Å². The number of hydrogen-bond donors (Lipinski definition) is 2. The molecule has 0 atom stereocenters. The highest BCUT2D eigenvalue weighted by molar-refractivity contribution is 6.30. The number of aryl methyl sites for hydroxylation is 1. The average Bonchev–Trinajstić information content (AvgIpc) is 2.65. The van der Waals surface area contributed by atoms with Gasteiger partial charge in [0.1, 0.15) is 6.07 Å². The number of hydrogen-bond acceptors (Lipinski definition) is 4. The molecule has 0 bridgehead atoms. The second kappa shape index (κ2) is 7.68. The number of carbonyl (C=O) groups excluding carboxylic acids is 1. The fraction of sp³-hybridized carbons (Fsp3) is 0.0500. The maximum absolute atomic E-state index is 12.5. The number of benzene rings is 2. The summed E-state index contributed by atoms with van der Waals surface area (Å²) in [6.07, 6.45) is 3.10. The molecule has 0 saturated carbocycles. The first-order valence-electron chi connectivity index (χ1n) is 7.85. The van der Waals surface area contributed by atoms with E-state index in [-0.39, 0.29) is 5.91 Å². The summed E-state index contributed by atoms with van der Waals surface area (Å²) < 4.78 is 0. The number of nitriles is 1. The number of pyridine rings is 1. The first-order chi connectivity index (χ1) is 12.6. The van der Waals surface area contributed by atoms with Gasteiger partial charge in [0.2, 0.25) is 0 Å². The topological polar surface area (TPSA) is 77.8 Å². The van der Waals surface area contributed by atoms with Crippen molar-refractivity contribution in [1.29, 1.82) is 5.26 Å². The quantitative estimate of drug-likeness (QED) is 0.691. The van der Waals surface area contributed by atoms with Crippen LogP contribution >= 0.6 is 11.6 Å². The smallest absolute Gasteiger partial charge is 0.257 e. The zero-order valence-corrected chi connectivity index (χ0v) is 14.7. The molecule has 0 radical (unpaired) electrons. The number of anilines is 3. The number of nitrogens with one attached hydrogen (secondary N) is 2. The van der Waals surface area contributed by atoms with Crippen molar-refractivity contribution >= 4 is 34.6 Å². The molecule has 128 valence electrons. The Kier molecular flexibility index (Phi) is 5.16. The van der Waals surface area contributed by atoms with Gasteiger partial charge in [-0.1, -0.05) is 29.8 Å². The summed E-state index contributed by atoms with van der Waals surface area (Å²) in [4.78, 5) is 16.6. The van der Waals surface area contributed by atoms with E-state index in [1.807, 2.05) is 25.1 Å². The molecule has 1 aromatic heterocycles. The molecule has 2 aromatic carbocycles. The largest absolute Gasteiger partial charge is 0.354 e. The highest BCUT2D eigenvalue weighted by atomic mass is 35.5. The number of rotatable bonds is 4. The van der Waals surface area contributed by atoms with Crippen molar-refractivity contribution in [2.24, 2.45) is 0 Å². The highest BCUT2D eigenvalue weighted by Gasteiger charge is 2.10. The van der Waals surface area contributed by atoms with Crippen LogP contribution in [0.2, 0.25) is 5.02 Å². The van der Waals surface area contributed by atoms with Crippen molar-refractivity contribution in [1.82, 2.24) is 4.98 Å². The van der Waals surface area contributed by atoms with Crippen LogP contribution < -0.4 is 10.6 Å². The van der Waals surface area contributed by atoms with Gasteiger partial charge in [0.15, 0.2) is 0 Å². The summed E-state index contributed by atoms with van der Waals surface area (Å²) in [5.74, 6) is -0.341. The molecule has 0 aliphatic carbocycles. The summed E-state index contributed by atoms with van der Waals surface area (Å²) in [6, 6.07) is 16.1. The van der Waals surface area contributed by atoms with Crippen LogP contribution in [0.15, 0.2) is 60.9 Å². The lowest BCUT2D eigenvalue weighted by molar-refractivity contribution is 0.102. The Morgan fingerprint density at radius 2 is 1.92 bits per heavy atom. The van der Waals surface area contributed by atoms with Crippen LogP contribution in [0, 0.1) is 18.3 Å². The standard InChI is InChI=1S/C20H15ClN4O/c1-13-6-7-16(21)9-19(13)24-17-8-15(11-23-12-17)20(26)25-18-5-3-2-4-14(18)10-22/h2-9,11-12,24H,1H3,(H,25,26). The van der Waals surface area contributed by atoms with Gasteiger partial charge in [-0.2, -0.15) is 5.26 Å². The van der Waals surface area contributed by atoms with Crippen molar-refractivity contribution in [2.45, 2.75) is 6.92 Å². The van der Waals surface area contributed by atoms with Crippen LogP contribution in [0.3, 0.4) is 0 Å². The van der Waals surface area contributed by atoms with Gasteiger partial charge in [0.05, 0.1) is 28.7 Å². The molecule has 5 nitrogen and oxygen atoms in total. The average molecular weight is 363 g/mol. The summed E-state index contributed by atoms with van der Waals surface area (Å²) >= 11 is 6.04. The molecule has 6 heteroatoms. The minimum Gasteiger partial charge on any atom is -0.354 e. The third-order valence-electron chi connectivity index (χ3n) is 3.77. The lowest BCUT2D eigenvalue weighted by Gasteiger charge is -2.11. The monoisotopic (exact) mass is 362 g/mol. The van der Waals surface area contributed by atoms with Gasteiger partial charge < -0.3 is 10.6 Å². The molecule has 3 aromatic rings. The first kappa shape index (κ1) is 17.5. The zero-order valence-electron chi connectivity index (χ0n) is 14.0. The van der Waals surface area contributed by atoms with Crippen LogP contribution in [-0.4, -0.2) is 10.9 Å².